The van der Waals surface area contributed by atoms with Gasteiger partial charge >= 0.3 is 0 Å². The number of H-pyrrole nitrogens is 1. The minimum Gasteiger partial charge on any atom is -0.328 e. The molecule has 0 radical (unpaired) electrons. The molecule has 0 bridgehead atoms. The fourth-order valence-corrected chi connectivity index (χ4v) is 3.10. The van der Waals surface area contributed by atoms with Gasteiger partial charge in [0.1, 0.15) is 11.6 Å². The summed E-state index contributed by atoms with van der Waals surface area (Å²) in [6, 6.07) is 2.31. The maximum absolute atomic E-state index is 13.7. The molecule has 0 unspecified atom stereocenters. The van der Waals surface area contributed by atoms with Crippen molar-refractivity contribution in [3.63, 3.8) is 0 Å². The summed E-state index contributed by atoms with van der Waals surface area (Å²) in [5.74, 6) is -1.04. The van der Waals surface area contributed by atoms with Crippen LogP contribution in [0.4, 0.5) is 8.78 Å². The first-order valence-electron chi connectivity index (χ1n) is 6.31. The van der Waals surface area contributed by atoms with Gasteiger partial charge in [-0.15, -0.1) is 0 Å². The number of halogens is 2. The number of carbonyl (C=O) groups is 1. The lowest BCUT2D eigenvalue weighted by Crippen LogP contribution is -2.19. The highest BCUT2D eigenvalue weighted by molar-refractivity contribution is 7.71. The molecule has 1 aromatic heterocycles. The molecule has 1 aromatic carbocycles. The predicted octanol–water partition coefficient (Wildman–Crippen LogP) is 3.37. The number of fused-ring (bicyclic) bond motifs is 1. The third-order valence-corrected chi connectivity index (χ3v) is 4.03. The van der Waals surface area contributed by atoms with Crippen LogP contribution in [0.15, 0.2) is 18.3 Å². The molecular weight excluding hydrogens is 282 g/mol. The highest BCUT2D eigenvalue weighted by Gasteiger charge is 2.24. The van der Waals surface area contributed by atoms with Crippen LogP contribution in [-0.2, 0) is 12.8 Å². The summed E-state index contributed by atoms with van der Waals surface area (Å²) in [5.41, 5.74) is 1.67. The van der Waals surface area contributed by atoms with Crippen LogP contribution in [0.5, 0.6) is 0 Å². The van der Waals surface area contributed by atoms with Gasteiger partial charge in [-0.1, -0.05) is 0 Å². The van der Waals surface area contributed by atoms with Gasteiger partial charge in [-0.2, -0.15) is 0 Å². The monoisotopic (exact) mass is 294 g/mol. The number of nitrogens with zero attached hydrogens (tertiary/aromatic N) is 1. The summed E-state index contributed by atoms with van der Waals surface area (Å²) in [6.07, 6.45) is 4.10. The van der Waals surface area contributed by atoms with Gasteiger partial charge in [-0.25, -0.2) is 8.78 Å². The number of aromatic nitrogens is 2. The van der Waals surface area contributed by atoms with Crippen molar-refractivity contribution in [2.24, 2.45) is 0 Å². The van der Waals surface area contributed by atoms with Gasteiger partial charge in [0.15, 0.2) is 11.1 Å². The van der Waals surface area contributed by atoms with E-state index in [1.54, 1.807) is 10.8 Å². The number of hydrogen-bond acceptors (Lipinski definition) is 2. The maximum Gasteiger partial charge on any atom is 0.177 e. The minimum absolute atomic E-state index is 0.0150. The first kappa shape index (κ1) is 13.2. The summed E-state index contributed by atoms with van der Waals surface area (Å²) in [6.45, 7) is 0. The second-order valence-electron chi connectivity index (χ2n) is 4.96. The lowest BCUT2D eigenvalue weighted by molar-refractivity contribution is 0.111. The molecule has 1 heterocycles. The molecule has 1 aliphatic rings. The molecule has 6 heteroatoms. The second kappa shape index (κ2) is 4.94. The van der Waals surface area contributed by atoms with Crippen LogP contribution in [0.2, 0.25) is 0 Å². The van der Waals surface area contributed by atoms with Crippen LogP contribution < -0.4 is 0 Å². The van der Waals surface area contributed by atoms with E-state index < -0.39 is 11.6 Å². The van der Waals surface area contributed by atoms with Crippen LogP contribution in [0.1, 0.15) is 34.1 Å². The average Bonchev–Trinajstić information content (AvgIpc) is 2.79. The molecule has 2 aromatic rings. The van der Waals surface area contributed by atoms with Gasteiger partial charge < -0.3 is 9.55 Å². The Morgan fingerprint density at radius 3 is 2.90 bits per heavy atom. The normalized spacial score (nSPS) is 17.8. The Labute approximate surface area is 119 Å². The van der Waals surface area contributed by atoms with E-state index in [4.69, 9.17) is 12.2 Å². The SMILES string of the molecule is O=Cc1cn([C@H]2CCc3c(F)cc(F)cc3C2)c(=S)[nH]1. The number of aldehydes is 1. The van der Waals surface area contributed by atoms with Gasteiger partial charge in [-0.3, -0.25) is 4.79 Å². The predicted molar refractivity (Wildman–Crippen MR) is 72.4 cm³/mol. The molecule has 1 N–H and O–H groups in total. The maximum atomic E-state index is 13.7. The van der Waals surface area contributed by atoms with Crippen LogP contribution in [0.25, 0.3) is 0 Å². The highest BCUT2D eigenvalue weighted by atomic mass is 32.1. The minimum atomic E-state index is -0.562. The van der Waals surface area contributed by atoms with Crippen LogP contribution in [0.3, 0.4) is 0 Å². The van der Waals surface area contributed by atoms with Crippen molar-refractivity contribution in [1.82, 2.24) is 9.55 Å². The number of benzene rings is 1. The Morgan fingerprint density at radius 1 is 1.40 bits per heavy atom. The van der Waals surface area contributed by atoms with E-state index in [2.05, 4.69) is 4.98 Å². The molecule has 1 atom stereocenters. The summed E-state index contributed by atoms with van der Waals surface area (Å²) >= 11 is 5.17. The third-order valence-electron chi connectivity index (χ3n) is 3.72. The molecule has 3 rings (SSSR count). The molecule has 0 saturated carbocycles. The van der Waals surface area contributed by atoms with E-state index in [1.165, 1.54) is 6.07 Å². The Balaban J connectivity index is 1.97. The summed E-state index contributed by atoms with van der Waals surface area (Å²) in [5, 5.41) is 0. The highest BCUT2D eigenvalue weighted by Crippen LogP contribution is 2.31. The van der Waals surface area contributed by atoms with Gasteiger partial charge in [0.2, 0.25) is 0 Å². The largest absolute Gasteiger partial charge is 0.328 e. The number of carbonyl (C=O) groups excluding carboxylic acids is 1. The van der Waals surface area contributed by atoms with Crippen LogP contribution in [0, 0.1) is 16.4 Å². The smallest absolute Gasteiger partial charge is 0.177 e. The van der Waals surface area contributed by atoms with Crippen molar-refractivity contribution < 1.29 is 13.6 Å². The second-order valence-corrected chi connectivity index (χ2v) is 5.35. The van der Waals surface area contributed by atoms with Crippen LogP contribution >= 0.6 is 12.2 Å². The molecule has 1 aliphatic carbocycles. The van der Waals surface area contributed by atoms with Crippen molar-refractivity contribution in [2.75, 3.05) is 0 Å². The van der Waals surface area contributed by atoms with Crippen molar-refractivity contribution in [3.05, 3.63) is 51.6 Å². The molecule has 20 heavy (non-hydrogen) atoms. The van der Waals surface area contributed by atoms with Gasteiger partial charge in [0.25, 0.3) is 0 Å². The number of aromatic amines is 1. The van der Waals surface area contributed by atoms with E-state index >= 15 is 0 Å². The average molecular weight is 294 g/mol. The molecule has 104 valence electrons. The lowest BCUT2D eigenvalue weighted by Gasteiger charge is -2.26. The first-order valence-corrected chi connectivity index (χ1v) is 6.72. The van der Waals surface area contributed by atoms with Crippen molar-refractivity contribution >= 4 is 18.5 Å². The van der Waals surface area contributed by atoms with E-state index in [9.17, 15) is 13.6 Å². The standard InChI is InChI=1S/C14H12F2N2OS/c15-9-3-8-4-11(1-2-12(8)13(16)5-9)18-6-10(7-19)17-14(18)20/h3,5-7,11H,1-2,4H2,(H,17,20)/t11-/m0/s1. The fourth-order valence-electron chi connectivity index (χ4n) is 2.78. The van der Waals surface area contributed by atoms with Crippen LogP contribution in [-0.4, -0.2) is 15.8 Å². The first-order chi connectivity index (χ1) is 9.58. The molecule has 0 amide bonds. The lowest BCUT2D eigenvalue weighted by atomic mass is 9.87. The van der Waals surface area contributed by atoms with E-state index in [1.807, 2.05) is 0 Å². The van der Waals surface area contributed by atoms with Gasteiger partial charge in [0.05, 0.1) is 5.69 Å². The Bertz CT molecular complexity index is 735. The summed E-state index contributed by atoms with van der Waals surface area (Å²) in [7, 11) is 0. The topological polar surface area (TPSA) is 37.8 Å². The molecule has 0 aliphatic heterocycles. The summed E-state index contributed by atoms with van der Waals surface area (Å²) < 4.78 is 29.2. The third kappa shape index (κ3) is 2.20. The molecule has 0 spiro atoms. The molecular formula is C14H12F2N2OS. The number of imidazole rings is 1. The van der Waals surface area contributed by atoms with E-state index in [0.717, 1.165) is 6.07 Å². The number of rotatable bonds is 2. The van der Waals surface area contributed by atoms with Crippen molar-refractivity contribution in [1.29, 1.82) is 0 Å². The van der Waals surface area contributed by atoms with Crippen molar-refractivity contribution in [2.45, 2.75) is 25.3 Å². The number of nitrogens with one attached hydrogen (secondary N) is 1. The number of hydrogen-bond donors (Lipinski definition) is 1. The van der Waals surface area contributed by atoms with Gasteiger partial charge in [0, 0.05) is 18.3 Å². The quantitative estimate of drug-likeness (QED) is 0.681. The zero-order valence-corrected chi connectivity index (χ0v) is 11.3. The molecule has 0 saturated heterocycles. The zero-order chi connectivity index (χ0) is 14.3. The Hall–Kier alpha value is -1.82. The Morgan fingerprint density at radius 2 is 2.20 bits per heavy atom. The Kier molecular flexibility index (Phi) is 3.25. The van der Waals surface area contributed by atoms with E-state index in [-0.39, 0.29) is 6.04 Å². The molecule has 3 nitrogen and oxygen atoms in total. The fraction of sp³-hybridized carbons (Fsp3) is 0.286. The van der Waals surface area contributed by atoms with E-state index in [0.29, 0.717) is 47.1 Å². The van der Waals surface area contributed by atoms with Crippen molar-refractivity contribution in [3.8, 4) is 0 Å². The van der Waals surface area contributed by atoms with Gasteiger partial charge in [-0.05, 0) is 48.7 Å². The molecule has 0 fully saturated rings. The summed E-state index contributed by atoms with van der Waals surface area (Å²) in [4.78, 5) is 13.6. The zero-order valence-electron chi connectivity index (χ0n) is 10.5.